The van der Waals surface area contributed by atoms with Crippen LogP contribution in [0.15, 0.2) is 42.5 Å². The fraction of sp³-hybridized carbons (Fsp3) is 0.133. The summed E-state index contributed by atoms with van der Waals surface area (Å²) >= 11 is 0. The van der Waals surface area contributed by atoms with Gasteiger partial charge in [0, 0.05) is 0 Å². The van der Waals surface area contributed by atoms with Crippen LogP contribution in [0.2, 0.25) is 0 Å². The molecule has 108 valence electrons. The van der Waals surface area contributed by atoms with E-state index in [-0.39, 0.29) is 11.3 Å². The molecule has 0 aliphatic carbocycles. The quantitative estimate of drug-likeness (QED) is 0.843. The van der Waals surface area contributed by atoms with Crippen molar-refractivity contribution in [3.05, 3.63) is 59.2 Å². The van der Waals surface area contributed by atoms with E-state index in [4.69, 9.17) is 14.8 Å². The molecule has 2 rings (SSSR count). The lowest BCUT2D eigenvalue weighted by atomic mass is 10.1. The van der Waals surface area contributed by atoms with Gasteiger partial charge < -0.3 is 19.4 Å². The molecule has 0 fully saturated rings. The number of hydrogen-bond acceptors (Lipinski definition) is 5. The maximum Gasteiger partial charge on any atom is 0.709 e. The molecule has 2 N–H and O–H groups in total. The van der Waals surface area contributed by atoms with Gasteiger partial charge in [0.1, 0.15) is 17.1 Å². The Morgan fingerprint density at radius 3 is 2.29 bits per heavy atom. The van der Waals surface area contributed by atoms with Gasteiger partial charge in [0.25, 0.3) is 0 Å². The minimum Gasteiger partial charge on any atom is -0.481 e. The van der Waals surface area contributed by atoms with E-state index in [1.165, 1.54) is 6.07 Å². The minimum absolute atomic E-state index is 0.116. The summed E-state index contributed by atoms with van der Waals surface area (Å²) in [5.74, 6) is 0.00965. The van der Waals surface area contributed by atoms with Crippen LogP contribution in [-0.2, 0) is 4.65 Å². The molecule has 0 radical (unpaired) electrons. The first-order chi connectivity index (χ1) is 9.95. The zero-order chi connectivity index (χ0) is 15.4. The maximum atomic E-state index is 11.8. The molecule has 0 bridgehead atoms. The number of para-hydroxylation sites is 1. The summed E-state index contributed by atoms with van der Waals surface area (Å²) in [6, 6.07) is 12.1. The molecule has 0 heterocycles. The smallest absolute Gasteiger partial charge is 0.481 e. The summed E-state index contributed by atoms with van der Waals surface area (Å²) in [7, 11) is -2.16. The zero-order valence-electron chi connectivity index (χ0n) is 11.7. The monoisotopic (exact) mass is 286 g/mol. The van der Waals surface area contributed by atoms with Crippen LogP contribution in [-0.4, -0.2) is 23.3 Å². The molecule has 6 heteroatoms. The van der Waals surface area contributed by atoms with Gasteiger partial charge in [0.15, 0.2) is 0 Å². The van der Waals surface area contributed by atoms with Gasteiger partial charge in [0.2, 0.25) is 0 Å². The normalized spacial score (nSPS) is 10.1. The first-order valence-electron chi connectivity index (χ1n) is 6.38. The van der Waals surface area contributed by atoms with Gasteiger partial charge in [-0.15, -0.1) is 0 Å². The number of carbonyl (C=O) groups excluding carboxylic acids is 1. The summed E-state index contributed by atoms with van der Waals surface area (Å²) in [5.41, 5.74) is 2.19. The molecule has 2 aromatic rings. The molecule has 21 heavy (non-hydrogen) atoms. The fourth-order valence-electron chi connectivity index (χ4n) is 2.00. The van der Waals surface area contributed by atoms with E-state index < -0.39 is 13.3 Å². The molecule has 5 nitrogen and oxygen atoms in total. The molecule has 0 aromatic heterocycles. The Morgan fingerprint density at radius 2 is 1.67 bits per heavy atom. The lowest BCUT2D eigenvalue weighted by Crippen LogP contribution is -2.22. The molecule has 0 saturated heterocycles. The van der Waals surface area contributed by atoms with E-state index in [1.807, 2.05) is 32.0 Å². The van der Waals surface area contributed by atoms with Crippen molar-refractivity contribution in [3.63, 3.8) is 0 Å². The largest absolute Gasteiger partial charge is 0.709 e. The molecule has 0 saturated carbocycles. The Kier molecular flexibility index (Phi) is 4.62. The Bertz CT molecular complexity index is 634. The summed E-state index contributed by atoms with van der Waals surface area (Å²) in [6.07, 6.45) is 0. The predicted octanol–water partition coefficient (Wildman–Crippen LogP) is 2.22. The third-order valence-electron chi connectivity index (χ3n) is 2.74. The summed E-state index contributed by atoms with van der Waals surface area (Å²) < 4.78 is 10.1. The molecule has 0 spiro atoms. The van der Waals surface area contributed by atoms with Crippen LogP contribution in [0.1, 0.15) is 21.5 Å². The molecular weight excluding hydrogens is 271 g/mol. The Morgan fingerprint density at radius 1 is 1.05 bits per heavy atom. The van der Waals surface area contributed by atoms with Crippen molar-refractivity contribution >= 4 is 13.3 Å². The topological polar surface area (TPSA) is 76.0 Å². The van der Waals surface area contributed by atoms with E-state index >= 15 is 0 Å². The maximum absolute atomic E-state index is 11.8. The van der Waals surface area contributed by atoms with Gasteiger partial charge in [-0.2, -0.15) is 0 Å². The van der Waals surface area contributed by atoms with Gasteiger partial charge in [-0.05, 0) is 49.2 Å². The van der Waals surface area contributed by atoms with Gasteiger partial charge in [-0.1, -0.05) is 18.2 Å². The van der Waals surface area contributed by atoms with Crippen LogP contribution in [0.5, 0.6) is 11.5 Å². The van der Waals surface area contributed by atoms with Crippen LogP contribution in [0.4, 0.5) is 0 Å². The third kappa shape index (κ3) is 4.08. The first-order valence-corrected chi connectivity index (χ1v) is 6.38. The molecular formula is C15H15BO5. The minimum atomic E-state index is -2.16. The second-order valence-corrected chi connectivity index (χ2v) is 4.65. The van der Waals surface area contributed by atoms with Crippen LogP contribution < -0.4 is 4.74 Å². The summed E-state index contributed by atoms with van der Waals surface area (Å²) in [6.45, 7) is 3.89. The Balaban J connectivity index is 2.30. The average molecular weight is 286 g/mol. The average Bonchev–Trinajstić information content (AvgIpc) is 2.37. The lowest BCUT2D eigenvalue weighted by molar-refractivity contribution is 0.0646. The van der Waals surface area contributed by atoms with Crippen molar-refractivity contribution in [2.45, 2.75) is 13.8 Å². The highest BCUT2D eigenvalue weighted by atomic mass is 16.6. The number of ether oxygens (including phenoxy) is 1. The van der Waals surface area contributed by atoms with Crippen LogP contribution in [0.25, 0.3) is 0 Å². The molecule has 0 aliphatic rings. The van der Waals surface area contributed by atoms with Gasteiger partial charge >= 0.3 is 13.3 Å². The number of rotatable bonds is 4. The van der Waals surface area contributed by atoms with Crippen LogP contribution in [0.3, 0.4) is 0 Å². The number of aryl methyl sites for hydroxylation is 2. The van der Waals surface area contributed by atoms with Crippen LogP contribution in [0, 0.1) is 13.8 Å². The van der Waals surface area contributed by atoms with Gasteiger partial charge in [0.05, 0.1) is 0 Å². The fourth-order valence-corrected chi connectivity index (χ4v) is 2.00. The highest BCUT2D eigenvalue weighted by molar-refractivity contribution is 6.36. The molecule has 0 atom stereocenters. The van der Waals surface area contributed by atoms with Crippen molar-refractivity contribution in [3.8, 4) is 11.5 Å². The summed E-state index contributed by atoms with van der Waals surface area (Å²) in [5, 5.41) is 17.4. The molecule has 0 unspecified atom stereocenters. The highest BCUT2D eigenvalue weighted by Gasteiger charge is 2.21. The SMILES string of the molecule is Cc1cc(C)cc(Oc2ccccc2C(=O)OB(O)O)c1. The number of benzene rings is 2. The molecule has 2 aromatic carbocycles. The Hall–Kier alpha value is -2.31. The second-order valence-electron chi connectivity index (χ2n) is 4.65. The van der Waals surface area contributed by atoms with Gasteiger partial charge in [-0.25, -0.2) is 4.79 Å². The second kappa shape index (κ2) is 6.43. The standard InChI is InChI=1S/C15H15BO5/c1-10-7-11(2)9-12(8-10)20-14-6-4-3-5-13(14)15(17)21-16(18)19/h3-9,18-19H,1-2H3. The van der Waals surface area contributed by atoms with E-state index in [0.29, 0.717) is 5.75 Å². The number of hydrogen-bond donors (Lipinski definition) is 2. The third-order valence-corrected chi connectivity index (χ3v) is 2.74. The Labute approximate surface area is 122 Å². The zero-order valence-corrected chi connectivity index (χ0v) is 11.7. The highest BCUT2D eigenvalue weighted by Crippen LogP contribution is 2.27. The lowest BCUT2D eigenvalue weighted by Gasteiger charge is -2.11. The van der Waals surface area contributed by atoms with E-state index in [0.717, 1.165) is 11.1 Å². The van der Waals surface area contributed by atoms with E-state index in [1.54, 1.807) is 18.2 Å². The number of carbonyl (C=O) groups is 1. The van der Waals surface area contributed by atoms with Crippen molar-refractivity contribution in [2.24, 2.45) is 0 Å². The molecule has 0 aliphatic heterocycles. The van der Waals surface area contributed by atoms with E-state index in [2.05, 4.69) is 4.65 Å². The van der Waals surface area contributed by atoms with Crippen LogP contribution >= 0.6 is 0 Å². The van der Waals surface area contributed by atoms with Crippen molar-refractivity contribution in [1.82, 2.24) is 0 Å². The van der Waals surface area contributed by atoms with Gasteiger partial charge in [-0.3, -0.25) is 0 Å². The molecule has 0 amide bonds. The predicted molar refractivity (Wildman–Crippen MR) is 78.0 cm³/mol. The first kappa shape index (κ1) is 15.1. The van der Waals surface area contributed by atoms with Crippen molar-refractivity contribution < 1.29 is 24.2 Å². The van der Waals surface area contributed by atoms with Crippen molar-refractivity contribution in [1.29, 1.82) is 0 Å². The van der Waals surface area contributed by atoms with E-state index in [9.17, 15) is 4.79 Å². The summed E-state index contributed by atoms with van der Waals surface area (Å²) in [4.78, 5) is 11.8. The van der Waals surface area contributed by atoms with Crippen molar-refractivity contribution in [2.75, 3.05) is 0 Å².